The minimum atomic E-state index is -4.53. The Kier molecular flexibility index (Phi) is 6.44. The molecule has 5 nitrogen and oxygen atoms in total. The van der Waals surface area contributed by atoms with E-state index in [1.807, 2.05) is 0 Å². The predicted octanol–water partition coefficient (Wildman–Crippen LogP) is 4.05. The lowest BCUT2D eigenvalue weighted by atomic mass is 9.97. The maximum atomic E-state index is 13.0. The second-order valence-corrected chi connectivity index (χ2v) is 5.64. The maximum absolute atomic E-state index is 13.0. The highest BCUT2D eigenvalue weighted by Gasteiger charge is 2.31. The molecule has 0 heterocycles. The van der Waals surface area contributed by atoms with E-state index in [1.165, 1.54) is 20.1 Å². The first-order chi connectivity index (χ1) is 12.8. The molecule has 0 aliphatic heterocycles. The van der Waals surface area contributed by atoms with E-state index in [0.29, 0.717) is 29.7 Å². The molecule has 0 spiro atoms. The molecule has 27 heavy (non-hydrogen) atoms. The van der Waals surface area contributed by atoms with E-state index in [0.717, 1.165) is 17.7 Å². The van der Waals surface area contributed by atoms with Crippen molar-refractivity contribution in [3.05, 3.63) is 47.5 Å². The first kappa shape index (κ1) is 20.3. The summed E-state index contributed by atoms with van der Waals surface area (Å²) in [6.45, 7) is 1.48. The normalized spacial score (nSPS) is 11.0. The number of ether oxygens (including phenoxy) is 2. The lowest BCUT2D eigenvalue weighted by molar-refractivity contribution is -0.141. The molecule has 1 amide bonds. The van der Waals surface area contributed by atoms with Gasteiger partial charge in [-0.05, 0) is 29.8 Å². The van der Waals surface area contributed by atoms with Crippen LogP contribution >= 0.6 is 0 Å². The largest absolute Gasteiger partial charge is 0.496 e. The van der Waals surface area contributed by atoms with E-state index < -0.39 is 17.7 Å². The Balaban J connectivity index is 2.48. The fourth-order valence-corrected chi connectivity index (χ4v) is 2.57. The summed E-state index contributed by atoms with van der Waals surface area (Å²) < 4.78 is 49.1. The van der Waals surface area contributed by atoms with Crippen LogP contribution in [0.15, 0.2) is 36.4 Å². The number of anilines is 1. The first-order valence-electron chi connectivity index (χ1n) is 7.98. The molecule has 144 valence electrons. The molecule has 0 unspecified atom stereocenters. The van der Waals surface area contributed by atoms with Crippen LogP contribution in [0.25, 0.3) is 11.1 Å². The van der Waals surface area contributed by atoms with Crippen molar-refractivity contribution in [3.63, 3.8) is 0 Å². The van der Waals surface area contributed by atoms with Crippen molar-refractivity contribution < 1.29 is 32.2 Å². The highest BCUT2D eigenvalue weighted by atomic mass is 19.4. The zero-order valence-electron chi connectivity index (χ0n) is 14.7. The van der Waals surface area contributed by atoms with Crippen molar-refractivity contribution in [1.29, 1.82) is 0 Å². The summed E-state index contributed by atoms with van der Waals surface area (Å²) in [6, 6.07) is 8.25. The number of amides is 1. The van der Waals surface area contributed by atoms with E-state index in [1.54, 1.807) is 18.2 Å². The number of hydrogen-bond acceptors (Lipinski definition) is 4. The number of halogens is 3. The lowest BCUT2D eigenvalue weighted by Crippen LogP contribution is -2.07. The molecule has 1 N–H and O–H groups in total. The molecule has 0 atom stereocenters. The van der Waals surface area contributed by atoms with E-state index in [4.69, 9.17) is 9.47 Å². The average Bonchev–Trinajstić information content (AvgIpc) is 2.61. The van der Waals surface area contributed by atoms with Gasteiger partial charge in [-0.3, -0.25) is 9.59 Å². The third-order valence-electron chi connectivity index (χ3n) is 3.81. The first-order valence-corrected chi connectivity index (χ1v) is 7.98. The molecule has 0 fully saturated rings. The van der Waals surface area contributed by atoms with Gasteiger partial charge in [0.05, 0.1) is 19.3 Å². The van der Waals surface area contributed by atoms with Crippen molar-refractivity contribution in [3.8, 4) is 16.9 Å². The van der Waals surface area contributed by atoms with Crippen molar-refractivity contribution in [2.75, 3.05) is 19.0 Å². The number of benzene rings is 2. The number of carbonyl (C=O) groups is 2. The minimum absolute atomic E-state index is 0.00950. The van der Waals surface area contributed by atoms with Gasteiger partial charge in [-0.2, -0.15) is 13.2 Å². The topological polar surface area (TPSA) is 64.6 Å². The van der Waals surface area contributed by atoms with Crippen molar-refractivity contribution >= 4 is 18.1 Å². The van der Waals surface area contributed by atoms with E-state index >= 15 is 0 Å². The van der Waals surface area contributed by atoms with Gasteiger partial charge in [0.1, 0.15) is 5.75 Å². The van der Waals surface area contributed by atoms with E-state index in [2.05, 4.69) is 5.32 Å². The van der Waals surface area contributed by atoms with E-state index in [9.17, 15) is 22.8 Å². The predicted molar refractivity (Wildman–Crippen MR) is 93.5 cm³/mol. The second-order valence-electron chi connectivity index (χ2n) is 5.64. The zero-order chi connectivity index (χ0) is 20.0. The van der Waals surface area contributed by atoms with Crippen LogP contribution in [-0.2, 0) is 26.9 Å². The van der Waals surface area contributed by atoms with Crippen LogP contribution in [0.2, 0.25) is 0 Å². The van der Waals surface area contributed by atoms with Crippen LogP contribution < -0.4 is 10.1 Å². The van der Waals surface area contributed by atoms with Gasteiger partial charge in [0.2, 0.25) is 6.41 Å². The molecule has 0 aliphatic rings. The van der Waals surface area contributed by atoms with Gasteiger partial charge < -0.3 is 14.8 Å². The number of rotatable bonds is 7. The quantitative estimate of drug-likeness (QED) is 0.580. The molecular weight excluding hydrogens is 363 g/mol. The number of carbonyl (C=O) groups excluding carboxylic acids is 2. The Morgan fingerprint density at radius 1 is 1.15 bits per heavy atom. The highest BCUT2D eigenvalue weighted by molar-refractivity contribution is 5.88. The molecule has 0 bridgehead atoms. The smallest absolute Gasteiger partial charge is 0.416 e. The van der Waals surface area contributed by atoms with Crippen molar-refractivity contribution in [2.45, 2.75) is 19.5 Å². The summed E-state index contributed by atoms with van der Waals surface area (Å²) in [7, 11) is 1.44. The Morgan fingerprint density at radius 2 is 1.89 bits per heavy atom. The van der Waals surface area contributed by atoms with Gasteiger partial charge in [0.25, 0.3) is 0 Å². The van der Waals surface area contributed by atoms with Gasteiger partial charge >= 0.3 is 12.1 Å². The molecule has 0 saturated heterocycles. The second kappa shape index (κ2) is 8.57. The summed E-state index contributed by atoms with van der Waals surface area (Å²) >= 11 is 0. The van der Waals surface area contributed by atoms with E-state index in [-0.39, 0.29) is 12.3 Å². The molecule has 0 aromatic heterocycles. The van der Waals surface area contributed by atoms with Crippen LogP contribution in [0.3, 0.4) is 0 Å². The molecule has 0 radical (unpaired) electrons. The summed E-state index contributed by atoms with van der Waals surface area (Å²) in [5, 5.41) is 2.31. The third kappa shape index (κ3) is 5.22. The molecule has 2 aromatic carbocycles. The Labute approximate surface area is 154 Å². The molecular formula is C19H18F3NO4. The van der Waals surface area contributed by atoms with Gasteiger partial charge in [-0.15, -0.1) is 0 Å². The number of methoxy groups -OCH3 is 1. The Morgan fingerprint density at radius 3 is 2.48 bits per heavy atom. The van der Waals surface area contributed by atoms with Crippen LogP contribution in [0.5, 0.6) is 5.75 Å². The van der Waals surface area contributed by atoms with Gasteiger partial charge in [-0.25, -0.2) is 0 Å². The molecule has 2 aromatic rings. The average molecular weight is 381 g/mol. The fraction of sp³-hybridized carbons (Fsp3) is 0.263. The standard InChI is InChI=1S/C19H18F3NO4/c1-12(25)27-8-7-13-3-6-18(26-2)16(9-13)15-5-4-14(19(20,21)22)10-17(15)23-11-24/h3-6,9-11H,7-8H2,1-2H3,(H,23,24). The molecule has 2 rings (SSSR count). The van der Waals surface area contributed by atoms with Crippen molar-refractivity contribution in [1.82, 2.24) is 0 Å². The third-order valence-corrected chi connectivity index (χ3v) is 3.81. The van der Waals surface area contributed by atoms with Gasteiger partial charge in [0.15, 0.2) is 0 Å². The Hall–Kier alpha value is -3.03. The molecule has 0 saturated carbocycles. The fourth-order valence-electron chi connectivity index (χ4n) is 2.57. The van der Waals surface area contributed by atoms with Crippen LogP contribution in [0, 0.1) is 0 Å². The summed E-state index contributed by atoms with van der Waals surface area (Å²) in [6.07, 6.45) is -3.79. The highest BCUT2D eigenvalue weighted by Crippen LogP contribution is 2.39. The molecule has 0 aliphatic carbocycles. The summed E-state index contributed by atoms with van der Waals surface area (Å²) in [5.74, 6) is 0.0314. The number of nitrogens with one attached hydrogen (secondary N) is 1. The van der Waals surface area contributed by atoms with Crippen molar-refractivity contribution in [2.24, 2.45) is 0 Å². The molecule has 8 heteroatoms. The summed E-state index contributed by atoms with van der Waals surface area (Å²) in [4.78, 5) is 21.8. The Bertz CT molecular complexity index is 834. The van der Waals surface area contributed by atoms with Gasteiger partial charge in [0, 0.05) is 30.2 Å². The number of esters is 1. The minimum Gasteiger partial charge on any atom is -0.496 e. The van der Waals surface area contributed by atoms with Crippen LogP contribution in [0.1, 0.15) is 18.1 Å². The monoisotopic (exact) mass is 381 g/mol. The number of alkyl halides is 3. The SMILES string of the molecule is COc1ccc(CCOC(C)=O)cc1-c1ccc(C(F)(F)F)cc1NC=O. The van der Waals surface area contributed by atoms with Crippen LogP contribution in [-0.4, -0.2) is 26.1 Å². The van der Waals surface area contributed by atoms with Gasteiger partial charge in [-0.1, -0.05) is 12.1 Å². The van der Waals surface area contributed by atoms with Crippen LogP contribution in [0.4, 0.5) is 18.9 Å². The maximum Gasteiger partial charge on any atom is 0.416 e. The zero-order valence-corrected chi connectivity index (χ0v) is 14.7. The lowest BCUT2D eigenvalue weighted by Gasteiger charge is -2.16. The number of hydrogen-bond donors (Lipinski definition) is 1. The summed E-state index contributed by atoms with van der Waals surface area (Å²) in [5.41, 5.74) is 0.817.